The highest BCUT2D eigenvalue weighted by molar-refractivity contribution is 5.96. The summed E-state index contributed by atoms with van der Waals surface area (Å²) in [5.41, 5.74) is 3.59. The fraction of sp³-hybridized carbons (Fsp3) is 0.130. The van der Waals surface area contributed by atoms with Crippen molar-refractivity contribution in [3.8, 4) is 11.5 Å². The summed E-state index contributed by atoms with van der Waals surface area (Å²) >= 11 is 0. The minimum Gasteiger partial charge on any atom is -0.423 e. The van der Waals surface area contributed by atoms with Gasteiger partial charge in [-0.2, -0.15) is 0 Å². The average Bonchev–Trinajstić information content (AvgIpc) is 2.65. The highest BCUT2D eigenvalue weighted by Gasteiger charge is 2.15. The van der Waals surface area contributed by atoms with Gasteiger partial charge in [0.25, 0.3) is 0 Å². The molecule has 0 saturated heterocycles. The normalized spacial score (nSPS) is 10.3. The summed E-state index contributed by atoms with van der Waals surface area (Å²) in [6.07, 6.45) is 0. The Labute approximate surface area is 158 Å². The Morgan fingerprint density at radius 1 is 0.630 bits per heavy atom. The summed E-state index contributed by atoms with van der Waals surface area (Å²) in [5.74, 6) is 0.0224. The van der Waals surface area contributed by atoms with E-state index >= 15 is 0 Å². The van der Waals surface area contributed by atoms with Crippen LogP contribution in [-0.4, -0.2) is 11.9 Å². The molecule has 3 aromatic carbocycles. The molecule has 136 valence electrons. The van der Waals surface area contributed by atoms with Crippen molar-refractivity contribution in [2.75, 3.05) is 0 Å². The zero-order valence-electron chi connectivity index (χ0n) is 15.5. The van der Waals surface area contributed by atoms with E-state index in [9.17, 15) is 9.59 Å². The van der Waals surface area contributed by atoms with Gasteiger partial charge in [-0.25, -0.2) is 9.59 Å². The smallest absolute Gasteiger partial charge is 0.343 e. The standard InChI is InChI=1S/C23H20O4/c1-15-4-9-19(10-5-15)26-22(24)18-8-13-21(17(3)14-18)23(25)27-20-11-6-16(2)7-12-20/h4-14H,1-3H3. The van der Waals surface area contributed by atoms with Crippen LogP contribution >= 0.6 is 0 Å². The molecule has 3 aromatic rings. The third kappa shape index (κ3) is 4.61. The number of esters is 2. The molecule has 0 bridgehead atoms. The summed E-state index contributed by atoms with van der Waals surface area (Å²) in [6, 6.07) is 19.2. The number of benzene rings is 3. The minimum atomic E-state index is -0.472. The van der Waals surface area contributed by atoms with Crippen LogP contribution in [0.3, 0.4) is 0 Å². The van der Waals surface area contributed by atoms with E-state index in [1.807, 2.05) is 38.1 Å². The van der Waals surface area contributed by atoms with Crippen LogP contribution < -0.4 is 9.47 Å². The van der Waals surface area contributed by atoms with Gasteiger partial charge in [-0.15, -0.1) is 0 Å². The van der Waals surface area contributed by atoms with Crippen molar-refractivity contribution < 1.29 is 19.1 Å². The lowest BCUT2D eigenvalue weighted by molar-refractivity contribution is 0.0719. The third-order valence-electron chi connectivity index (χ3n) is 4.15. The zero-order chi connectivity index (χ0) is 19.4. The van der Waals surface area contributed by atoms with E-state index in [4.69, 9.17) is 9.47 Å². The number of carbonyl (C=O) groups excluding carboxylic acids is 2. The monoisotopic (exact) mass is 360 g/mol. The SMILES string of the molecule is Cc1ccc(OC(=O)c2ccc(C(=O)Oc3ccc(C)cc3)c(C)c2)cc1. The number of aryl methyl sites for hydroxylation is 3. The fourth-order valence-corrected chi connectivity index (χ4v) is 2.56. The quantitative estimate of drug-likeness (QED) is 0.482. The van der Waals surface area contributed by atoms with Gasteiger partial charge in [-0.1, -0.05) is 35.4 Å². The largest absolute Gasteiger partial charge is 0.423 e. The first-order chi connectivity index (χ1) is 12.9. The van der Waals surface area contributed by atoms with E-state index in [0.717, 1.165) is 11.1 Å². The molecule has 3 rings (SSSR count). The average molecular weight is 360 g/mol. The van der Waals surface area contributed by atoms with Crippen molar-refractivity contribution >= 4 is 11.9 Å². The van der Waals surface area contributed by atoms with Crippen LogP contribution in [0.1, 0.15) is 37.4 Å². The molecule has 0 atom stereocenters. The first-order valence-corrected chi connectivity index (χ1v) is 8.61. The van der Waals surface area contributed by atoms with E-state index in [-0.39, 0.29) is 0 Å². The molecule has 0 heterocycles. The van der Waals surface area contributed by atoms with Gasteiger partial charge in [0.1, 0.15) is 11.5 Å². The Morgan fingerprint density at radius 3 is 1.59 bits per heavy atom. The molecule has 27 heavy (non-hydrogen) atoms. The van der Waals surface area contributed by atoms with Crippen LogP contribution in [0.2, 0.25) is 0 Å². The highest BCUT2D eigenvalue weighted by Crippen LogP contribution is 2.19. The number of ether oxygens (including phenoxy) is 2. The molecular formula is C23H20O4. The molecule has 0 aromatic heterocycles. The van der Waals surface area contributed by atoms with Crippen molar-refractivity contribution in [1.82, 2.24) is 0 Å². The summed E-state index contributed by atoms with van der Waals surface area (Å²) in [6.45, 7) is 5.68. The Morgan fingerprint density at radius 2 is 1.11 bits per heavy atom. The van der Waals surface area contributed by atoms with E-state index in [2.05, 4.69) is 0 Å². The molecule has 0 unspecified atom stereocenters. The molecule has 0 saturated carbocycles. The van der Waals surface area contributed by atoms with Gasteiger partial charge in [0.15, 0.2) is 0 Å². The van der Waals surface area contributed by atoms with Crippen molar-refractivity contribution in [1.29, 1.82) is 0 Å². The Balaban J connectivity index is 1.72. The molecule has 0 aliphatic carbocycles. The van der Waals surface area contributed by atoms with E-state index in [1.165, 1.54) is 0 Å². The molecule has 0 spiro atoms. The maximum absolute atomic E-state index is 12.4. The minimum absolute atomic E-state index is 0.375. The molecule has 0 aliphatic heterocycles. The second-order valence-corrected chi connectivity index (χ2v) is 6.43. The molecule has 0 aliphatic rings. The van der Waals surface area contributed by atoms with Crippen molar-refractivity contribution in [2.24, 2.45) is 0 Å². The maximum atomic E-state index is 12.4. The summed E-state index contributed by atoms with van der Waals surface area (Å²) in [4.78, 5) is 24.7. The van der Waals surface area contributed by atoms with Crippen molar-refractivity contribution in [3.05, 3.63) is 94.5 Å². The number of hydrogen-bond acceptors (Lipinski definition) is 4. The van der Waals surface area contributed by atoms with Crippen LogP contribution in [0.15, 0.2) is 66.7 Å². The van der Waals surface area contributed by atoms with Crippen LogP contribution in [0.4, 0.5) is 0 Å². The molecule has 0 N–H and O–H groups in total. The van der Waals surface area contributed by atoms with Gasteiger partial charge in [-0.05, 0) is 68.8 Å². The van der Waals surface area contributed by atoms with Crippen LogP contribution in [0, 0.1) is 20.8 Å². The van der Waals surface area contributed by atoms with Gasteiger partial charge in [0, 0.05) is 0 Å². The van der Waals surface area contributed by atoms with Gasteiger partial charge < -0.3 is 9.47 Å². The van der Waals surface area contributed by atoms with Crippen LogP contribution in [-0.2, 0) is 0 Å². The molecule has 0 fully saturated rings. The second-order valence-electron chi connectivity index (χ2n) is 6.43. The number of carbonyl (C=O) groups is 2. The van der Waals surface area contributed by atoms with Gasteiger partial charge in [-0.3, -0.25) is 0 Å². The van der Waals surface area contributed by atoms with Crippen molar-refractivity contribution in [2.45, 2.75) is 20.8 Å². The number of rotatable bonds is 4. The second kappa shape index (κ2) is 7.87. The van der Waals surface area contributed by atoms with E-state index in [1.54, 1.807) is 49.4 Å². The third-order valence-corrected chi connectivity index (χ3v) is 4.15. The first kappa shape index (κ1) is 18.4. The lowest BCUT2D eigenvalue weighted by Gasteiger charge is -2.09. The van der Waals surface area contributed by atoms with E-state index in [0.29, 0.717) is 28.2 Å². The lowest BCUT2D eigenvalue weighted by atomic mass is 10.1. The lowest BCUT2D eigenvalue weighted by Crippen LogP contribution is -2.13. The van der Waals surface area contributed by atoms with Gasteiger partial charge in [0.2, 0.25) is 0 Å². The molecule has 0 radical (unpaired) electrons. The summed E-state index contributed by atoms with van der Waals surface area (Å²) in [5, 5.41) is 0. The Kier molecular flexibility index (Phi) is 5.36. The molecule has 4 heteroatoms. The topological polar surface area (TPSA) is 52.6 Å². The number of hydrogen-bond donors (Lipinski definition) is 0. The molecule has 0 amide bonds. The Hall–Kier alpha value is -3.40. The maximum Gasteiger partial charge on any atom is 0.343 e. The predicted octanol–water partition coefficient (Wildman–Crippen LogP) is 5.05. The van der Waals surface area contributed by atoms with Crippen LogP contribution in [0.25, 0.3) is 0 Å². The molecule has 4 nitrogen and oxygen atoms in total. The van der Waals surface area contributed by atoms with Crippen LogP contribution in [0.5, 0.6) is 11.5 Å². The highest BCUT2D eigenvalue weighted by atomic mass is 16.5. The zero-order valence-corrected chi connectivity index (χ0v) is 15.5. The Bertz CT molecular complexity index is 970. The van der Waals surface area contributed by atoms with Crippen molar-refractivity contribution in [3.63, 3.8) is 0 Å². The first-order valence-electron chi connectivity index (χ1n) is 8.61. The van der Waals surface area contributed by atoms with E-state index < -0.39 is 11.9 Å². The van der Waals surface area contributed by atoms with Gasteiger partial charge >= 0.3 is 11.9 Å². The molecular weight excluding hydrogens is 340 g/mol. The predicted molar refractivity (Wildman–Crippen MR) is 103 cm³/mol. The summed E-state index contributed by atoms with van der Waals surface area (Å²) in [7, 11) is 0. The fourth-order valence-electron chi connectivity index (χ4n) is 2.56. The summed E-state index contributed by atoms with van der Waals surface area (Å²) < 4.78 is 10.8. The van der Waals surface area contributed by atoms with Gasteiger partial charge in [0.05, 0.1) is 11.1 Å².